The molecule has 1 N–H and O–H groups in total. The lowest BCUT2D eigenvalue weighted by Gasteiger charge is -2.24. The van der Waals surface area contributed by atoms with E-state index in [1.54, 1.807) is 0 Å². The zero-order chi connectivity index (χ0) is 11.8. The molecular weight excluding hydrogens is 198 g/mol. The maximum atomic E-state index is 5.63. The molecule has 96 valence electrons. The molecule has 1 saturated carbocycles. The molecule has 0 saturated heterocycles. The van der Waals surface area contributed by atoms with Gasteiger partial charge >= 0.3 is 0 Å². The Morgan fingerprint density at radius 2 is 1.88 bits per heavy atom. The van der Waals surface area contributed by atoms with E-state index in [4.69, 9.17) is 4.74 Å². The van der Waals surface area contributed by atoms with E-state index in [-0.39, 0.29) is 0 Å². The van der Waals surface area contributed by atoms with Crippen LogP contribution in [0.5, 0.6) is 0 Å². The van der Waals surface area contributed by atoms with Gasteiger partial charge in [-0.05, 0) is 31.2 Å². The second-order valence-electron chi connectivity index (χ2n) is 5.52. The van der Waals surface area contributed by atoms with Gasteiger partial charge in [0.2, 0.25) is 0 Å². The van der Waals surface area contributed by atoms with E-state index in [0.717, 1.165) is 44.1 Å². The van der Waals surface area contributed by atoms with Crippen molar-refractivity contribution in [2.75, 3.05) is 26.3 Å². The van der Waals surface area contributed by atoms with Gasteiger partial charge in [0.25, 0.3) is 0 Å². The molecule has 0 aliphatic heterocycles. The van der Waals surface area contributed by atoms with E-state index in [0.29, 0.717) is 0 Å². The van der Waals surface area contributed by atoms with E-state index in [1.165, 1.54) is 25.7 Å². The number of nitrogens with one attached hydrogen (secondary N) is 1. The topological polar surface area (TPSA) is 21.3 Å². The molecule has 0 bridgehead atoms. The summed E-state index contributed by atoms with van der Waals surface area (Å²) in [4.78, 5) is 0. The molecule has 1 atom stereocenters. The Morgan fingerprint density at radius 1 is 1.19 bits per heavy atom. The van der Waals surface area contributed by atoms with Crippen molar-refractivity contribution in [2.24, 2.45) is 17.8 Å². The van der Waals surface area contributed by atoms with Crippen molar-refractivity contribution in [3.63, 3.8) is 0 Å². The minimum atomic E-state index is 0.737. The molecule has 1 unspecified atom stereocenters. The lowest BCUT2D eigenvalue weighted by Crippen LogP contribution is -2.32. The Hall–Kier alpha value is -0.0800. The molecule has 0 aromatic heterocycles. The number of ether oxygens (including phenoxy) is 1. The molecule has 1 fully saturated rings. The summed E-state index contributed by atoms with van der Waals surface area (Å²) in [5.74, 6) is 2.39. The molecule has 0 radical (unpaired) electrons. The second kappa shape index (κ2) is 8.08. The van der Waals surface area contributed by atoms with Gasteiger partial charge in [-0.1, -0.05) is 39.5 Å². The molecule has 1 aliphatic carbocycles. The highest BCUT2D eigenvalue weighted by Crippen LogP contribution is 2.31. The second-order valence-corrected chi connectivity index (χ2v) is 5.52. The monoisotopic (exact) mass is 227 g/mol. The standard InChI is InChI=1S/C14H29NO/c1-4-16-11-14(10-15-9-12(2)3)13-7-5-6-8-13/h12-15H,4-11H2,1-3H3. The van der Waals surface area contributed by atoms with Crippen LogP contribution < -0.4 is 5.32 Å². The zero-order valence-electron chi connectivity index (χ0n) is 11.3. The van der Waals surface area contributed by atoms with Gasteiger partial charge in [-0.25, -0.2) is 0 Å². The molecule has 0 aromatic rings. The summed E-state index contributed by atoms with van der Waals surface area (Å²) in [6.07, 6.45) is 5.69. The van der Waals surface area contributed by atoms with Crippen LogP contribution in [0.4, 0.5) is 0 Å². The van der Waals surface area contributed by atoms with Gasteiger partial charge in [0.1, 0.15) is 0 Å². The molecule has 0 amide bonds. The fourth-order valence-electron chi connectivity index (χ4n) is 2.62. The zero-order valence-corrected chi connectivity index (χ0v) is 11.3. The van der Waals surface area contributed by atoms with Gasteiger partial charge in [0.15, 0.2) is 0 Å². The maximum Gasteiger partial charge on any atom is 0.0508 e. The summed E-state index contributed by atoms with van der Waals surface area (Å²) < 4.78 is 5.63. The first-order valence-electron chi connectivity index (χ1n) is 7.02. The molecule has 2 heteroatoms. The van der Waals surface area contributed by atoms with E-state index < -0.39 is 0 Å². The van der Waals surface area contributed by atoms with E-state index in [1.807, 2.05) is 0 Å². The Balaban J connectivity index is 2.25. The molecule has 2 nitrogen and oxygen atoms in total. The Morgan fingerprint density at radius 3 is 2.44 bits per heavy atom. The third-order valence-corrected chi connectivity index (χ3v) is 3.56. The first kappa shape index (κ1) is 14.0. The van der Waals surface area contributed by atoms with Crippen LogP contribution in [0.15, 0.2) is 0 Å². The molecule has 1 rings (SSSR count). The van der Waals surface area contributed by atoms with Crippen molar-refractivity contribution in [1.82, 2.24) is 5.32 Å². The predicted octanol–water partition coefficient (Wildman–Crippen LogP) is 3.07. The summed E-state index contributed by atoms with van der Waals surface area (Å²) in [5.41, 5.74) is 0. The van der Waals surface area contributed by atoms with E-state index in [2.05, 4.69) is 26.1 Å². The number of hydrogen-bond donors (Lipinski definition) is 1. The number of hydrogen-bond acceptors (Lipinski definition) is 2. The first-order valence-corrected chi connectivity index (χ1v) is 7.02. The van der Waals surface area contributed by atoms with E-state index >= 15 is 0 Å². The molecule has 0 spiro atoms. The third-order valence-electron chi connectivity index (χ3n) is 3.56. The van der Waals surface area contributed by atoms with E-state index in [9.17, 15) is 0 Å². The van der Waals surface area contributed by atoms with Crippen LogP contribution in [0, 0.1) is 17.8 Å². The van der Waals surface area contributed by atoms with Crippen molar-refractivity contribution in [2.45, 2.75) is 46.5 Å². The summed E-state index contributed by atoms with van der Waals surface area (Å²) in [6.45, 7) is 10.7. The van der Waals surface area contributed by atoms with Crippen molar-refractivity contribution in [3.8, 4) is 0 Å². The molecule has 0 aromatic carbocycles. The van der Waals surface area contributed by atoms with Crippen molar-refractivity contribution in [1.29, 1.82) is 0 Å². The van der Waals surface area contributed by atoms with Crippen molar-refractivity contribution < 1.29 is 4.74 Å². The Kier molecular flexibility index (Phi) is 7.06. The van der Waals surface area contributed by atoms with Crippen LogP contribution in [-0.2, 0) is 4.74 Å². The van der Waals surface area contributed by atoms with Crippen LogP contribution in [0.2, 0.25) is 0 Å². The lowest BCUT2D eigenvalue weighted by atomic mass is 9.91. The minimum absolute atomic E-state index is 0.737. The van der Waals surface area contributed by atoms with Crippen molar-refractivity contribution >= 4 is 0 Å². The highest BCUT2D eigenvalue weighted by molar-refractivity contribution is 4.77. The number of rotatable bonds is 8. The summed E-state index contributed by atoms with van der Waals surface area (Å²) >= 11 is 0. The van der Waals surface area contributed by atoms with Crippen LogP contribution in [-0.4, -0.2) is 26.3 Å². The highest BCUT2D eigenvalue weighted by Gasteiger charge is 2.24. The molecular formula is C14H29NO. The van der Waals surface area contributed by atoms with Crippen LogP contribution in [0.3, 0.4) is 0 Å². The van der Waals surface area contributed by atoms with Gasteiger partial charge < -0.3 is 10.1 Å². The van der Waals surface area contributed by atoms with Crippen LogP contribution >= 0.6 is 0 Å². The highest BCUT2D eigenvalue weighted by atomic mass is 16.5. The average molecular weight is 227 g/mol. The fourth-order valence-corrected chi connectivity index (χ4v) is 2.62. The quantitative estimate of drug-likeness (QED) is 0.688. The first-order chi connectivity index (χ1) is 7.74. The fraction of sp³-hybridized carbons (Fsp3) is 1.00. The lowest BCUT2D eigenvalue weighted by molar-refractivity contribution is 0.0857. The molecule has 16 heavy (non-hydrogen) atoms. The summed E-state index contributed by atoms with van der Waals surface area (Å²) in [5, 5.41) is 3.59. The van der Waals surface area contributed by atoms with Crippen LogP contribution in [0.25, 0.3) is 0 Å². The summed E-state index contributed by atoms with van der Waals surface area (Å²) in [7, 11) is 0. The average Bonchev–Trinajstić information content (AvgIpc) is 2.75. The van der Waals surface area contributed by atoms with Gasteiger partial charge in [-0.15, -0.1) is 0 Å². The SMILES string of the molecule is CCOCC(CNCC(C)C)C1CCCC1. The Labute approximate surface area is 101 Å². The summed E-state index contributed by atoms with van der Waals surface area (Å²) in [6, 6.07) is 0. The Bertz CT molecular complexity index is 164. The largest absolute Gasteiger partial charge is 0.381 e. The normalized spacial score (nSPS) is 19.5. The third kappa shape index (κ3) is 5.31. The van der Waals surface area contributed by atoms with Gasteiger partial charge in [-0.3, -0.25) is 0 Å². The van der Waals surface area contributed by atoms with Gasteiger partial charge in [0, 0.05) is 13.2 Å². The molecule has 1 aliphatic rings. The maximum absolute atomic E-state index is 5.63. The van der Waals surface area contributed by atoms with Crippen LogP contribution in [0.1, 0.15) is 46.5 Å². The molecule has 0 heterocycles. The smallest absolute Gasteiger partial charge is 0.0508 e. The van der Waals surface area contributed by atoms with Crippen molar-refractivity contribution in [3.05, 3.63) is 0 Å². The predicted molar refractivity (Wildman–Crippen MR) is 69.6 cm³/mol. The van der Waals surface area contributed by atoms with Gasteiger partial charge in [0.05, 0.1) is 6.61 Å². The minimum Gasteiger partial charge on any atom is -0.381 e. The van der Waals surface area contributed by atoms with Gasteiger partial charge in [-0.2, -0.15) is 0 Å².